The van der Waals surface area contributed by atoms with Gasteiger partial charge in [0.25, 0.3) is 0 Å². The first-order valence-electron chi connectivity index (χ1n) is 12.8. The van der Waals surface area contributed by atoms with Crippen LogP contribution >= 0.6 is 0 Å². The Bertz CT molecular complexity index is 465. The maximum absolute atomic E-state index is 11.9. The van der Waals surface area contributed by atoms with E-state index in [1.807, 2.05) is 14.1 Å². The summed E-state index contributed by atoms with van der Waals surface area (Å²) in [6, 6.07) is 0. The molecule has 2 unspecified atom stereocenters. The van der Waals surface area contributed by atoms with E-state index in [-0.39, 0.29) is 12.1 Å². The molecule has 6 nitrogen and oxygen atoms in total. The molecule has 0 aliphatic carbocycles. The second kappa shape index (κ2) is 24.2. The lowest BCUT2D eigenvalue weighted by Crippen LogP contribution is -2.44. The molecule has 0 aromatic heterocycles. The maximum Gasteiger partial charge on any atom is 0.332 e. The number of nitrogens with one attached hydrogen (secondary N) is 1. The molecule has 1 amide bonds. The number of rotatable bonds is 19. The minimum absolute atomic E-state index is 0.172. The first kappa shape index (κ1) is 32.8. The second-order valence-corrected chi connectivity index (χ2v) is 8.80. The number of aliphatic carboxylic acids is 1. The van der Waals surface area contributed by atoms with Gasteiger partial charge in [0.2, 0.25) is 5.91 Å². The van der Waals surface area contributed by atoms with E-state index in [0.29, 0.717) is 6.42 Å². The molecule has 0 fully saturated rings. The fourth-order valence-electron chi connectivity index (χ4n) is 3.21. The van der Waals surface area contributed by atoms with Gasteiger partial charge in [0.1, 0.15) is 6.10 Å². The lowest BCUT2D eigenvalue weighted by atomic mass is 10.1. The minimum Gasteiger partial charge on any atom is -0.479 e. The predicted octanol–water partition coefficient (Wildman–Crippen LogP) is 5.89. The molecule has 32 heavy (non-hydrogen) atoms. The molecule has 0 heterocycles. The molecule has 190 valence electrons. The zero-order chi connectivity index (χ0) is 24.6. The minimum atomic E-state index is -1.23. The fraction of sp³-hybridized carbons (Fsp3) is 0.846. The summed E-state index contributed by atoms with van der Waals surface area (Å²) in [4.78, 5) is 23.4. The summed E-state index contributed by atoms with van der Waals surface area (Å²) in [5, 5.41) is 18.9. The zero-order valence-corrected chi connectivity index (χ0v) is 21.6. The Morgan fingerprint density at radius 1 is 0.844 bits per heavy atom. The van der Waals surface area contributed by atoms with E-state index in [1.165, 1.54) is 84.0 Å². The number of unbranched alkanes of at least 4 members (excludes halogenated alkanes) is 11. The van der Waals surface area contributed by atoms with E-state index in [1.54, 1.807) is 0 Å². The lowest BCUT2D eigenvalue weighted by molar-refractivity contribution is -0.145. The highest BCUT2D eigenvalue weighted by Gasteiger charge is 2.11. The first-order valence-corrected chi connectivity index (χ1v) is 12.8. The molecule has 0 saturated heterocycles. The summed E-state index contributed by atoms with van der Waals surface area (Å²) < 4.78 is 0. The van der Waals surface area contributed by atoms with Crippen molar-refractivity contribution in [2.45, 2.75) is 129 Å². The Balaban J connectivity index is 0. The van der Waals surface area contributed by atoms with Crippen LogP contribution in [-0.2, 0) is 9.59 Å². The monoisotopic (exact) mass is 456 g/mol. The van der Waals surface area contributed by atoms with Crippen molar-refractivity contribution in [1.29, 1.82) is 0 Å². The molecular formula is C26H52N2O4. The molecule has 3 N–H and O–H groups in total. The molecule has 0 aliphatic rings. The third kappa shape index (κ3) is 24.9. The van der Waals surface area contributed by atoms with Gasteiger partial charge in [-0.15, -0.1) is 0 Å². The van der Waals surface area contributed by atoms with E-state index in [9.17, 15) is 9.59 Å². The average molecular weight is 457 g/mol. The Morgan fingerprint density at radius 2 is 1.28 bits per heavy atom. The third-order valence-corrected chi connectivity index (χ3v) is 5.36. The highest BCUT2D eigenvalue weighted by molar-refractivity contribution is 5.76. The smallest absolute Gasteiger partial charge is 0.332 e. The van der Waals surface area contributed by atoms with Crippen molar-refractivity contribution in [3.8, 4) is 0 Å². The quantitative estimate of drug-likeness (QED) is 0.128. The Kier molecular flexibility index (Phi) is 24.8. The van der Waals surface area contributed by atoms with Crippen LogP contribution in [-0.4, -0.2) is 53.4 Å². The summed E-state index contributed by atoms with van der Waals surface area (Å²) >= 11 is 0. The van der Waals surface area contributed by atoms with Crippen molar-refractivity contribution < 1.29 is 19.8 Å². The number of allylic oxidation sites excluding steroid dienone is 2. The summed E-state index contributed by atoms with van der Waals surface area (Å²) in [7, 11) is 4.02. The number of hydrogen-bond acceptors (Lipinski definition) is 4. The van der Waals surface area contributed by atoms with Gasteiger partial charge in [0, 0.05) is 6.42 Å². The zero-order valence-electron chi connectivity index (χ0n) is 21.6. The molecule has 0 rings (SSSR count). The van der Waals surface area contributed by atoms with Crippen LogP contribution in [0.2, 0.25) is 0 Å². The number of carboxylic acids is 1. The molecule has 0 aliphatic heterocycles. The van der Waals surface area contributed by atoms with Crippen molar-refractivity contribution in [2.75, 3.05) is 14.1 Å². The van der Waals surface area contributed by atoms with Crippen molar-refractivity contribution >= 4 is 11.9 Å². The average Bonchev–Trinajstić information content (AvgIpc) is 2.74. The third-order valence-electron chi connectivity index (χ3n) is 5.36. The van der Waals surface area contributed by atoms with Crippen LogP contribution in [0.25, 0.3) is 0 Å². The normalized spacial score (nSPS) is 13.0. The number of amides is 1. The molecule has 0 aromatic rings. The molecule has 6 heteroatoms. The van der Waals surface area contributed by atoms with Crippen molar-refractivity contribution in [3.63, 3.8) is 0 Å². The Hall–Kier alpha value is -1.40. The topological polar surface area (TPSA) is 89.9 Å². The van der Waals surface area contributed by atoms with Gasteiger partial charge in [-0.05, 0) is 59.5 Å². The number of carbonyl (C=O) groups is 2. The highest BCUT2D eigenvalue weighted by atomic mass is 16.4. The Morgan fingerprint density at radius 3 is 1.69 bits per heavy atom. The molecule has 0 saturated carbocycles. The Labute approximate surface area is 197 Å². The van der Waals surface area contributed by atoms with Gasteiger partial charge >= 0.3 is 5.97 Å². The van der Waals surface area contributed by atoms with E-state index in [2.05, 4.69) is 36.2 Å². The number of nitrogens with zero attached hydrogens (tertiary/aromatic N) is 1. The van der Waals surface area contributed by atoms with Crippen LogP contribution in [0.5, 0.6) is 0 Å². The van der Waals surface area contributed by atoms with E-state index in [4.69, 9.17) is 10.2 Å². The van der Waals surface area contributed by atoms with Crippen LogP contribution in [0.1, 0.15) is 117 Å². The molecule has 0 radical (unpaired) electrons. The van der Waals surface area contributed by atoms with Crippen LogP contribution in [0, 0.1) is 0 Å². The second-order valence-electron chi connectivity index (χ2n) is 8.80. The number of carbonyl (C=O) groups excluding carboxylic acids is 1. The van der Waals surface area contributed by atoms with E-state index < -0.39 is 12.1 Å². The SMILES string of the molecule is CC(O)C(=O)O.CCCCCCCC/C=C\CCCCCCCC(=O)NC(CC)N(C)C. The van der Waals surface area contributed by atoms with Gasteiger partial charge in [0.15, 0.2) is 0 Å². The van der Waals surface area contributed by atoms with E-state index >= 15 is 0 Å². The van der Waals surface area contributed by atoms with Gasteiger partial charge in [-0.25, -0.2) is 4.79 Å². The molecule has 2 atom stereocenters. The lowest BCUT2D eigenvalue weighted by Gasteiger charge is -2.23. The number of hydrogen-bond donors (Lipinski definition) is 3. The standard InChI is InChI=1S/C23H46N2O.C3H6O3/c1-5-7-8-9-10-11-12-13-14-15-16-17-18-19-20-21-23(26)24-22(6-2)25(3)4;1-2(4)3(5)6/h13-14,22H,5-12,15-21H2,1-4H3,(H,24,26);2,4H,1H3,(H,5,6)/b14-13-;. The summed E-state index contributed by atoms with van der Waals surface area (Å²) in [5.74, 6) is -0.988. The summed E-state index contributed by atoms with van der Waals surface area (Å²) in [5.41, 5.74) is 0. The van der Waals surface area contributed by atoms with Crippen LogP contribution in [0.3, 0.4) is 0 Å². The number of carboxylic acid groups (broad SMARTS) is 1. The first-order chi connectivity index (χ1) is 15.3. The van der Waals surface area contributed by atoms with Gasteiger partial charge in [-0.2, -0.15) is 0 Å². The summed E-state index contributed by atoms with van der Waals surface area (Å²) in [6.45, 7) is 5.57. The van der Waals surface area contributed by atoms with E-state index in [0.717, 1.165) is 12.8 Å². The van der Waals surface area contributed by atoms with Crippen molar-refractivity contribution in [2.24, 2.45) is 0 Å². The molecule has 0 aromatic carbocycles. The van der Waals surface area contributed by atoms with Crippen molar-refractivity contribution in [3.05, 3.63) is 12.2 Å². The summed E-state index contributed by atoms with van der Waals surface area (Å²) in [6.07, 6.45) is 22.1. The van der Waals surface area contributed by atoms with Crippen LogP contribution in [0.15, 0.2) is 12.2 Å². The molecule has 0 bridgehead atoms. The fourth-order valence-corrected chi connectivity index (χ4v) is 3.21. The number of aliphatic hydroxyl groups is 1. The van der Waals surface area contributed by atoms with Gasteiger partial charge in [-0.1, -0.05) is 77.4 Å². The van der Waals surface area contributed by atoms with Crippen LogP contribution < -0.4 is 5.32 Å². The molecular weight excluding hydrogens is 404 g/mol. The largest absolute Gasteiger partial charge is 0.479 e. The van der Waals surface area contributed by atoms with Gasteiger partial charge < -0.3 is 15.5 Å². The highest BCUT2D eigenvalue weighted by Crippen LogP contribution is 2.10. The maximum atomic E-state index is 11.9. The van der Waals surface area contributed by atoms with Gasteiger partial charge in [0.05, 0.1) is 6.17 Å². The predicted molar refractivity (Wildman–Crippen MR) is 135 cm³/mol. The van der Waals surface area contributed by atoms with Crippen molar-refractivity contribution in [1.82, 2.24) is 10.2 Å². The number of aliphatic hydroxyl groups excluding tert-OH is 1. The van der Waals surface area contributed by atoms with Crippen LogP contribution in [0.4, 0.5) is 0 Å². The van der Waals surface area contributed by atoms with Gasteiger partial charge in [-0.3, -0.25) is 9.69 Å². The molecule has 0 spiro atoms.